The van der Waals surface area contributed by atoms with Crippen LogP contribution in [-0.4, -0.2) is 32.5 Å². The van der Waals surface area contributed by atoms with Crippen molar-refractivity contribution in [1.29, 1.82) is 0 Å². The summed E-state index contributed by atoms with van der Waals surface area (Å²) in [5, 5.41) is 11.8. The lowest BCUT2D eigenvalue weighted by Crippen LogP contribution is -2.33. The predicted octanol–water partition coefficient (Wildman–Crippen LogP) is 2.84. The fourth-order valence-corrected chi connectivity index (χ4v) is 2.81. The van der Waals surface area contributed by atoms with Gasteiger partial charge in [-0.25, -0.2) is 0 Å². The SMILES string of the molecule is CCc1ccccc1-n1cnnc1SCC(=O)NC(C)CC. The molecule has 0 aliphatic heterocycles. The van der Waals surface area contributed by atoms with E-state index in [1.807, 2.05) is 29.7 Å². The van der Waals surface area contributed by atoms with E-state index in [0.29, 0.717) is 5.75 Å². The second-order valence-corrected chi connectivity index (χ2v) is 6.07. The third-order valence-corrected chi connectivity index (χ3v) is 4.44. The molecule has 0 radical (unpaired) electrons. The summed E-state index contributed by atoms with van der Waals surface area (Å²) in [6.07, 6.45) is 3.56. The van der Waals surface area contributed by atoms with E-state index in [9.17, 15) is 4.79 Å². The number of rotatable bonds is 7. The summed E-state index contributed by atoms with van der Waals surface area (Å²) < 4.78 is 1.94. The molecule has 1 aromatic carbocycles. The minimum atomic E-state index is 0.0256. The maximum atomic E-state index is 11.9. The van der Waals surface area contributed by atoms with Crippen LogP contribution in [-0.2, 0) is 11.2 Å². The van der Waals surface area contributed by atoms with Gasteiger partial charge in [0.15, 0.2) is 5.16 Å². The normalized spacial score (nSPS) is 12.1. The average Bonchev–Trinajstić information content (AvgIpc) is 3.01. The van der Waals surface area contributed by atoms with E-state index >= 15 is 0 Å². The number of carbonyl (C=O) groups is 1. The molecule has 2 rings (SSSR count). The molecule has 0 saturated heterocycles. The number of nitrogens with zero attached hydrogens (tertiary/aromatic N) is 3. The molecule has 0 spiro atoms. The van der Waals surface area contributed by atoms with Crippen LogP contribution >= 0.6 is 11.8 Å². The Morgan fingerprint density at radius 1 is 1.36 bits per heavy atom. The number of hydrogen-bond acceptors (Lipinski definition) is 4. The molecule has 0 aliphatic rings. The molecule has 5 nitrogen and oxygen atoms in total. The third-order valence-electron chi connectivity index (χ3n) is 3.50. The summed E-state index contributed by atoms with van der Waals surface area (Å²) >= 11 is 1.41. The molecule has 0 bridgehead atoms. The zero-order valence-electron chi connectivity index (χ0n) is 13.2. The van der Waals surface area contributed by atoms with Crippen molar-refractivity contribution < 1.29 is 4.79 Å². The lowest BCUT2D eigenvalue weighted by atomic mass is 10.1. The molecule has 0 aliphatic carbocycles. The number of benzene rings is 1. The zero-order valence-corrected chi connectivity index (χ0v) is 14.1. The molecular weight excluding hydrogens is 296 g/mol. The highest BCUT2D eigenvalue weighted by Gasteiger charge is 2.12. The van der Waals surface area contributed by atoms with E-state index in [0.717, 1.165) is 23.7 Å². The van der Waals surface area contributed by atoms with Gasteiger partial charge in [-0.05, 0) is 31.4 Å². The lowest BCUT2D eigenvalue weighted by molar-refractivity contribution is -0.119. The Bertz CT molecular complexity index is 626. The summed E-state index contributed by atoms with van der Waals surface area (Å²) in [5.74, 6) is 0.370. The maximum absolute atomic E-state index is 11.9. The summed E-state index contributed by atoms with van der Waals surface area (Å²) in [5.41, 5.74) is 2.30. The van der Waals surface area contributed by atoms with E-state index in [4.69, 9.17) is 0 Å². The number of hydrogen-bond donors (Lipinski definition) is 1. The van der Waals surface area contributed by atoms with Crippen LogP contribution in [0.2, 0.25) is 0 Å². The number of nitrogens with one attached hydrogen (secondary N) is 1. The van der Waals surface area contributed by atoms with Crippen LogP contribution in [0.3, 0.4) is 0 Å². The van der Waals surface area contributed by atoms with Gasteiger partial charge in [0.25, 0.3) is 0 Å². The van der Waals surface area contributed by atoms with Crippen molar-refractivity contribution in [2.75, 3.05) is 5.75 Å². The summed E-state index contributed by atoms with van der Waals surface area (Å²) in [4.78, 5) is 11.9. The molecular formula is C16H22N4OS. The van der Waals surface area contributed by atoms with Gasteiger partial charge >= 0.3 is 0 Å². The largest absolute Gasteiger partial charge is 0.353 e. The fraction of sp³-hybridized carbons (Fsp3) is 0.438. The number of para-hydroxylation sites is 1. The first-order valence-corrected chi connectivity index (χ1v) is 8.54. The van der Waals surface area contributed by atoms with Gasteiger partial charge in [-0.2, -0.15) is 0 Å². The first kappa shape index (κ1) is 16.5. The topological polar surface area (TPSA) is 59.8 Å². The van der Waals surface area contributed by atoms with E-state index in [1.165, 1.54) is 17.3 Å². The highest BCUT2D eigenvalue weighted by atomic mass is 32.2. The molecule has 6 heteroatoms. The number of aromatic nitrogens is 3. The molecule has 0 fully saturated rings. The molecule has 1 heterocycles. The van der Waals surface area contributed by atoms with Crippen LogP contribution in [0, 0.1) is 0 Å². The molecule has 1 unspecified atom stereocenters. The minimum absolute atomic E-state index is 0.0256. The monoisotopic (exact) mass is 318 g/mol. The van der Waals surface area contributed by atoms with Gasteiger partial charge in [-0.15, -0.1) is 10.2 Å². The molecule has 1 N–H and O–H groups in total. The van der Waals surface area contributed by atoms with Gasteiger partial charge in [0.05, 0.1) is 11.4 Å². The quantitative estimate of drug-likeness (QED) is 0.798. The zero-order chi connectivity index (χ0) is 15.9. The lowest BCUT2D eigenvalue weighted by Gasteiger charge is -2.12. The van der Waals surface area contributed by atoms with Crippen molar-refractivity contribution in [3.8, 4) is 5.69 Å². The Morgan fingerprint density at radius 2 is 2.14 bits per heavy atom. The van der Waals surface area contributed by atoms with Crippen molar-refractivity contribution in [2.45, 2.75) is 44.8 Å². The minimum Gasteiger partial charge on any atom is -0.353 e. The number of thioether (sulfide) groups is 1. The smallest absolute Gasteiger partial charge is 0.230 e. The average molecular weight is 318 g/mol. The van der Waals surface area contributed by atoms with Gasteiger partial charge in [-0.3, -0.25) is 9.36 Å². The second kappa shape index (κ2) is 7.98. The Balaban J connectivity index is 2.08. The summed E-state index contributed by atoms with van der Waals surface area (Å²) in [6, 6.07) is 8.37. The van der Waals surface area contributed by atoms with Crippen LogP contribution in [0.5, 0.6) is 0 Å². The van der Waals surface area contributed by atoms with Crippen molar-refractivity contribution in [3.05, 3.63) is 36.2 Å². The van der Waals surface area contributed by atoms with Crippen LogP contribution in [0.4, 0.5) is 0 Å². The molecule has 2 aromatic rings. The Labute approximate surface area is 135 Å². The summed E-state index contributed by atoms with van der Waals surface area (Å²) in [6.45, 7) is 6.18. The number of carbonyl (C=O) groups excluding carboxylic acids is 1. The number of amides is 1. The standard InChI is InChI=1S/C16H22N4OS/c1-4-12(3)18-15(21)10-22-16-19-17-11-20(16)14-9-7-6-8-13(14)5-2/h6-9,11-12H,4-5,10H2,1-3H3,(H,18,21). The number of aryl methyl sites for hydroxylation is 1. The molecule has 22 heavy (non-hydrogen) atoms. The van der Waals surface area contributed by atoms with Crippen LogP contribution in [0.15, 0.2) is 35.7 Å². The van der Waals surface area contributed by atoms with E-state index < -0.39 is 0 Å². The van der Waals surface area contributed by atoms with Gasteiger partial charge < -0.3 is 5.32 Å². The molecule has 1 aromatic heterocycles. The molecule has 1 amide bonds. The van der Waals surface area contributed by atoms with Crippen molar-refractivity contribution in [2.24, 2.45) is 0 Å². The van der Waals surface area contributed by atoms with Crippen LogP contribution in [0.1, 0.15) is 32.8 Å². The summed E-state index contributed by atoms with van der Waals surface area (Å²) in [7, 11) is 0. The first-order chi connectivity index (χ1) is 10.7. The van der Waals surface area contributed by atoms with Gasteiger partial charge in [0.1, 0.15) is 6.33 Å². The second-order valence-electron chi connectivity index (χ2n) is 5.13. The Hall–Kier alpha value is -1.82. The van der Waals surface area contributed by atoms with Gasteiger partial charge in [0.2, 0.25) is 5.91 Å². The van der Waals surface area contributed by atoms with Crippen molar-refractivity contribution in [1.82, 2.24) is 20.1 Å². The van der Waals surface area contributed by atoms with Crippen molar-refractivity contribution in [3.63, 3.8) is 0 Å². The van der Waals surface area contributed by atoms with E-state index in [1.54, 1.807) is 6.33 Å². The maximum Gasteiger partial charge on any atom is 0.230 e. The Morgan fingerprint density at radius 3 is 2.86 bits per heavy atom. The molecule has 118 valence electrons. The predicted molar refractivity (Wildman–Crippen MR) is 89.4 cm³/mol. The highest BCUT2D eigenvalue weighted by molar-refractivity contribution is 7.99. The van der Waals surface area contributed by atoms with Crippen LogP contribution in [0.25, 0.3) is 5.69 Å². The van der Waals surface area contributed by atoms with Crippen LogP contribution < -0.4 is 5.32 Å². The third kappa shape index (κ3) is 4.10. The molecule has 0 saturated carbocycles. The van der Waals surface area contributed by atoms with Gasteiger partial charge in [0, 0.05) is 6.04 Å². The van der Waals surface area contributed by atoms with E-state index in [-0.39, 0.29) is 11.9 Å². The fourth-order valence-electron chi connectivity index (χ4n) is 2.08. The molecule has 1 atom stereocenters. The highest BCUT2D eigenvalue weighted by Crippen LogP contribution is 2.22. The van der Waals surface area contributed by atoms with E-state index in [2.05, 4.69) is 35.4 Å². The van der Waals surface area contributed by atoms with Crippen molar-refractivity contribution >= 4 is 17.7 Å². The first-order valence-electron chi connectivity index (χ1n) is 7.56. The van der Waals surface area contributed by atoms with Gasteiger partial charge in [-0.1, -0.05) is 43.8 Å². The Kier molecular flexibility index (Phi) is 6.00.